The number of phenols is 1. The van der Waals surface area contributed by atoms with Crippen LogP contribution in [0.1, 0.15) is 67.9 Å². The maximum absolute atomic E-state index is 11.6. The van der Waals surface area contributed by atoms with Gasteiger partial charge in [-0.15, -0.1) is 0 Å². The summed E-state index contributed by atoms with van der Waals surface area (Å²) in [6, 6.07) is 12.5. The van der Waals surface area contributed by atoms with Crippen LogP contribution >= 0.6 is 0 Å². The van der Waals surface area contributed by atoms with Crippen LogP contribution in [0.25, 0.3) is 6.08 Å². The molecule has 0 amide bonds. The molecule has 1 N–H and O–H groups in total. The van der Waals surface area contributed by atoms with Gasteiger partial charge in [-0.25, -0.2) is 0 Å². The van der Waals surface area contributed by atoms with Crippen molar-refractivity contribution in [3.63, 3.8) is 0 Å². The number of allylic oxidation sites excluding steroid dienone is 1. The van der Waals surface area contributed by atoms with Crippen molar-refractivity contribution in [2.75, 3.05) is 0 Å². The molecule has 0 spiro atoms. The minimum absolute atomic E-state index is 0.0787. The first kappa shape index (κ1) is 20.0. The zero-order valence-electron chi connectivity index (χ0n) is 16.6. The van der Waals surface area contributed by atoms with Crippen LogP contribution in [0.4, 0.5) is 0 Å². The summed E-state index contributed by atoms with van der Waals surface area (Å²) < 4.78 is 0. The van der Waals surface area contributed by atoms with E-state index in [-0.39, 0.29) is 11.2 Å². The summed E-state index contributed by atoms with van der Waals surface area (Å²) in [5.74, 6) is 0.483. The predicted molar refractivity (Wildman–Crippen MR) is 110 cm³/mol. The molecule has 26 heavy (non-hydrogen) atoms. The Hall–Kier alpha value is -2.35. The van der Waals surface area contributed by atoms with Crippen molar-refractivity contribution in [1.82, 2.24) is 0 Å². The largest absolute Gasteiger partial charge is 0.508 e. The van der Waals surface area contributed by atoms with Gasteiger partial charge in [0.1, 0.15) is 5.75 Å². The van der Waals surface area contributed by atoms with E-state index in [1.165, 1.54) is 16.7 Å². The van der Waals surface area contributed by atoms with Gasteiger partial charge in [-0.1, -0.05) is 57.2 Å². The van der Waals surface area contributed by atoms with E-state index in [9.17, 15) is 9.90 Å². The zero-order chi connectivity index (χ0) is 19.3. The van der Waals surface area contributed by atoms with Crippen molar-refractivity contribution in [2.45, 2.75) is 59.3 Å². The van der Waals surface area contributed by atoms with Gasteiger partial charge in [0.25, 0.3) is 0 Å². The average Bonchev–Trinajstić information content (AvgIpc) is 2.65. The van der Waals surface area contributed by atoms with Crippen LogP contribution in [-0.2, 0) is 10.2 Å². The first-order chi connectivity index (χ1) is 12.4. The molecule has 0 aliphatic rings. The summed E-state index contributed by atoms with van der Waals surface area (Å²) in [7, 11) is 0. The number of carbonyl (C=O) groups excluding carboxylic acids is 1. The molecule has 0 aromatic heterocycles. The highest BCUT2D eigenvalue weighted by molar-refractivity contribution is 5.93. The maximum atomic E-state index is 11.6. The average molecular weight is 351 g/mol. The first-order valence-corrected chi connectivity index (χ1v) is 9.50. The van der Waals surface area contributed by atoms with E-state index < -0.39 is 0 Å². The van der Waals surface area contributed by atoms with E-state index in [0.717, 1.165) is 24.0 Å². The Morgan fingerprint density at radius 1 is 0.962 bits per heavy atom. The molecule has 0 heterocycles. The van der Waals surface area contributed by atoms with Crippen molar-refractivity contribution < 1.29 is 9.90 Å². The molecule has 0 aliphatic carbocycles. The second kappa shape index (κ2) is 8.35. The van der Waals surface area contributed by atoms with Crippen molar-refractivity contribution in [2.24, 2.45) is 0 Å². The van der Waals surface area contributed by atoms with E-state index in [1.54, 1.807) is 12.1 Å². The lowest BCUT2D eigenvalue weighted by Crippen LogP contribution is -2.26. The van der Waals surface area contributed by atoms with Crippen LogP contribution in [0.3, 0.4) is 0 Å². The molecular weight excluding hydrogens is 320 g/mol. The second-order valence-corrected chi connectivity index (χ2v) is 7.02. The van der Waals surface area contributed by atoms with E-state index in [0.29, 0.717) is 12.2 Å². The fourth-order valence-electron chi connectivity index (χ4n) is 3.65. The lowest BCUT2D eigenvalue weighted by Gasteiger charge is -2.34. The molecule has 0 fully saturated rings. The molecule has 0 bridgehead atoms. The lowest BCUT2D eigenvalue weighted by molar-refractivity contribution is -0.114. The number of carbonyl (C=O) groups is 1. The Bertz CT molecular complexity index is 811. The summed E-state index contributed by atoms with van der Waals surface area (Å²) in [5.41, 5.74) is 5.60. The highest BCUT2D eigenvalue weighted by Gasteiger charge is 2.31. The van der Waals surface area contributed by atoms with Gasteiger partial charge < -0.3 is 5.11 Å². The van der Waals surface area contributed by atoms with Gasteiger partial charge in [-0.05, 0) is 66.6 Å². The molecule has 0 saturated heterocycles. The predicted octanol–water partition coefficient (Wildman–Crippen LogP) is 6.11. The van der Waals surface area contributed by atoms with Gasteiger partial charge in [0.05, 0.1) is 0 Å². The van der Waals surface area contributed by atoms with Crippen LogP contribution < -0.4 is 0 Å². The number of rotatable bonds is 7. The third kappa shape index (κ3) is 3.90. The van der Waals surface area contributed by atoms with Crippen LogP contribution in [0.2, 0.25) is 0 Å². The van der Waals surface area contributed by atoms with Crippen molar-refractivity contribution >= 4 is 11.9 Å². The van der Waals surface area contributed by atoms with Crippen LogP contribution in [-0.4, -0.2) is 10.9 Å². The molecule has 2 nitrogen and oxygen atoms in total. The van der Waals surface area contributed by atoms with Crippen molar-refractivity contribution in [3.8, 4) is 5.75 Å². The van der Waals surface area contributed by atoms with Crippen molar-refractivity contribution in [1.29, 1.82) is 0 Å². The maximum Gasteiger partial charge on any atom is 0.155 e. The molecule has 0 unspecified atom stereocenters. The molecule has 2 aromatic rings. The van der Waals surface area contributed by atoms with Crippen LogP contribution in [0.15, 0.2) is 42.5 Å². The number of benzene rings is 2. The lowest BCUT2D eigenvalue weighted by atomic mass is 9.70. The van der Waals surface area contributed by atoms with Gasteiger partial charge in [-0.3, -0.25) is 4.79 Å². The molecule has 0 radical (unpaired) electrons. The highest BCUT2D eigenvalue weighted by Crippen LogP contribution is 2.40. The smallest absolute Gasteiger partial charge is 0.155 e. The number of hydrogen-bond acceptors (Lipinski definition) is 2. The Morgan fingerprint density at radius 3 is 2.04 bits per heavy atom. The normalized spacial score (nSPS) is 11.9. The molecule has 2 rings (SSSR count). The van der Waals surface area contributed by atoms with E-state index in [1.807, 2.05) is 26.0 Å². The Balaban J connectivity index is 2.50. The van der Waals surface area contributed by atoms with Gasteiger partial charge in [0, 0.05) is 11.8 Å². The fraction of sp³-hybridized carbons (Fsp3) is 0.375. The number of phenolic OH excluding ortho intramolecular Hbond substituents is 1. The van der Waals surface area contributed by atoms with Crippen molar-refractivity contribution in [3.05, 3.63) is 70.3 Å². The summed E-state index contributed by atoms with van der Waals surface area (Å²) >= 11 is 0. The Kier molecular flexibility index (Phi) is 6.42. The Morgan fingerprint density at radius 2 is 1.54 bits per heavy atom. The van der Waals surface area contributed by atoms with E-state index >= 15 is 0 Å². The minimum atomic E-state index is -0.0787. The molecule has 0 saturated carbocycles. The monoisotopic (exact) mass is 350 g/mol. The molecule has 0 atom stereocenters. The van der Waals surface area contributed by atoms with Crippen LogP contribution in [0, 0.1) is 13.8 Å². The molecule has 2 heteroatoms. The summed E-state index contributed by atoms with van der Waals surface area (Å²) in [6.07, 6.45) is 6.07. The minimum Gasteiger partial charge on any atom is -0.508 e. The fourth-order valence-corrected chi connectivity index (χ4v) is 3.65. The molecule has 0 aliphatic heterocycles. The van der Waals surface area contributed by atoms with Gasteiger partial charge in [-0.2, -0.15) is 0 Å². The summed E-state index contributed by atoms with van der Waals surface area (Å²) in [6.45, 7) is 10.3. The molecule has 138 valence electrons. The Labute approximate surface area is 157 Å². The SMILES string of the molecule is CCC(=O)C=Cc1ccc(C(CC)(CC)c2ccc(O)c(C)c2)cc1C. The highest BCUT2D eigenvalue weighted by atomic mass is 16.3. The van der Waals surface area contributed by atoms with Gasteiger partial charge in [0.2, 0.25) is 0 Å². The summed E-state index contributed by atoms with van der Waals surface area (Å²) in [5, 5.41) is 9.89. The van der Waals surface area contributed by atoms with Crippen LogP contribution in [0.5, 0.6) is 5.75 Å². The second-order valence-electron chi connectivity index (χ2n) is 7.02. The first-order valence-electron chi connectivity index (χ1n) is 9.50. The van der Waals surface area contributed by atoms with E-state index in [4.69, 9.17) is 0 Å². The molecule has 2 aromatic carbocycles. The van der Waals surface area contributed by atoms with Gasteiger partial charge in [0.15, 0.2) is 5.78 Å². The standard InChI is InChI=1S/C24H30O2/c1-6-22(25)13-10-19-9-11-20(15-17(19)4)24(7-2,8-3)21-12-14-23(26)18(5)16-21/h9-16,26H,6-8H2,1-5H3. The number of aryl methyl sites for hydroxylation is 2. The molecular formula is C24H30O2. The van der Waals surface area contributed by atoms with E-state index in [2.05, 4.69) is 45.0 Å². The number of aromatic hydroxyl groups is 1. The van der Waals surface area contributed by atoms with Gasteiger partial charge >= 0.3 is 0 Å². The number of hydrogen-bond donors (Lipinski definition) is 1. The quantitative estimate of drug-likeness (QED) is 0.612. The summed E-state index contributed by atoms with van der Waals surface area (Å²) in [4.78, 5) is 11.6. The number of ketones is 1. The zero-order valence-corrected chi connectivity index (χ0v) is 16.6. The topological polar surface area (TPSA) is 37.3 Å². The third-order valence-electron chi connectivity index (χ3n) is 5.58. The third-order valence-corrected chi connectivity index (χ3v) is 5.58.